The molecule has 2 aliphatic carbocycles. The maximum absolute atomic E-state index is 12.1. The number of hydrogen-bond donors (Lipinski definition) is 1. The Labute approximate surface area is 108 Å². The van der Waals surface area contributed by atoms with Crippen molar-refractivity contribution in [3.8, 4) is 0 Å². The Balaban J connectivity index is 1.65. The molecule has 1 aromatic rings. The molecular weight excluding hydrogens is 224 g/mol. The highest BCUT2D eigenvalue weighted by molar-refractivity contribution is 5.78. The molecule has 3 heteroatoms. The fourth-order valence-corrected chi connectivity index (χ4v) is 2.75. The molecule has 18 heavy (non-hydrogen) atoms. The highest BCUT2D eigenvalue weighted by atomic mass is 16.2. The predicted molar refractivity (Wildman–Crippen MR) is 71.3 cm³/mol. The van der Waals surface area contributed by atoms with E-state index >= 15 is 0 Å². The van der Waals surface area contributed by atoms with Crippen molar-refractivity contribution in [1.82, 2.24) is 10.2 Å². The highest BCUT2D eigenvalue weighted by Gasteiger charge is 2.29. The van der Waals surface area contributed by atoms with Gasteiger partial charge in [-0.2, -0.15) is 0 Å². The van der Waals surface area contributed by atoms with Gasteiger partial charge in [-0.25, -0.2) is 0 Å². The second-order valence-corrected chi connectivity index (χ2v) is 5.41. The fraction of sp³-hybridized carbons (Fsp3) is 0.533. The zero-order chi connectivity index (χ0) is 12.5. The number of fused-ring (bicyclic) bond motifs is 1. The molecule has 96 valence electrons. The van der Waals surface area contributed by atoms with Gasteiger partial charge in [0.15, 0.2) is 0 Å². The molecule has 1 aromatic carbocycles. The first-order valence-electron chi connectivity index (χ1n) is 6.82. The molecule has 1 fully saturated rings. The van der Waals surface area contributed by atoms with Crippen LogP contribution < -0.4 is 5.32 Å². The number of amides is 1. The Morgan fingerprint density at radius 1 is 1.33 bits per heavy atom. The van der Waals surface area contributed by atoms with Gasteiger partial charge in [0.05, 0.1) is 12.6 Å². The lowest BCUT2D eigenvalue weighted by molar-refractivity contribution is -0.131. The standard InChI is InChI=1S/C15H20N2O/c1-17(15(18)10-16-12-7-8-12)14-9-6-11-4-2-3-5-13(11)14/h2-5,12,14,16H,6-10H2,1H3. The van der Waals surface area contributed by atoms with Gasteiger partial charge in [-0.1, -0.05) is 24.3 Å². The number of likely N-dealkylation sites (N-methyl/N-ethyl adjacent to an activating group) is 1. The smallest absolute Gasteiger partial charge is 0.236 e. The molecule has 3 nitrogen and oxygen atoms in total. The van der Waals surface area contributed by atoms with Crippen molar-refractivity contribution in [2.45, 2.75) is 37.8 Å². The van der Waals surface area contributed by atoms with Crippen LogP contribution in [0.5, 0.6) is 0 Å². The van der Waals surface area contributed by atoms with Crippen LogP contribution in [0, 0.1) is 0 Å². The summed E-state index contributed by atoms with van der Waals surface area (Å²) >= 11 is 0. The molecule has 0 radical (unpaired) electrons. The van der Waals surface area contributed by atoms with E-state index in [1.807, 2.05) is 11.9 Å². The minimum absolute atomic E-state index is 0.212. The van der Waals surface area contributed by atoms with Crippen molar-refractivity contribution in [3.05, 3.63) is 35.4 Å². The van der Waals surface area contributed by atoms with Crippen molar-refractivity contribution < 1.29 is 4.79 Å². The third-order valence-corrected chi connectivity index (χ3v) is 4.08. The Bertz CT molecular complexity index is 454. The Morgan fingerprint density at radius 2 is 2.11 bits per heavy atom. The normalized spacial score (nSPS) is 21.7. The van der Waals surface area contributed by atoms with Crippen molar-refractivity contribution in [1.29, 1.82) is 0 Å². The summed E-state index contributed by atoms with van der Waals surface area (Å²) in [4.78, 5) is 14.1. The first-order chi connectivity index (χ1) is 8.75. The molecular formula is C15H20N2O. The zero-order valence-corrected chi connectivity index (χ0v) is 10.9. The summed E-state index contributed by atoms with van der Waals surface area (Å²) < 4.78 is 0. The summed E-state index contributed by atoms with van der Waals surface area (Å²) in [6.45, 7) is 0.486. The second kappa shape index (κ2) is 4.73. The fourth-order valence-electron chi connectivity index (χ4n) is 2.75. The van der Waals surface area contributed by atoms with Gasteiger partial charge in [0.25, 0.3) is 0 Å². The third-order valence-electron chi connectivity index (χ3n) is 4.08. The van der Waals surface area contributed by atoms with Crippen molar-refractivity contribution in [3.63, 3.8) is 0 Å². The summed E-state index contributed by atoms with van der Waals surface area (Å²) in [5, 5.41) is 3.29. The van der Waals surface area contributed by atoms with Crippen LogP contribution >= 0.6 is 0 Å². The summed E-state index contributed by atoms with van der Waals surface area (Å²) in [6, 6.07) is 9.35. The van der Waals surface area contributed by atoms with E-state index in [-0.39, 0.29) is 11.9 Å². The average Bonchev–Trinajstić information content (AvgIpc) is 3.13. The first-order valence-corrected chi connectivity index (χ1v) is 6.82. The molecule has 1 atom stereocenters. The van der Waals surface area contributed by atoms with E-state index in [1.165, 1.54) is 24.0 Å². The van der Waals surface area contributed by atoms with E-state index < -0.39 is 0 Å². The van der Waals surface area contributed by atoms with E-state index in [9.17, 15) is 4.79 Å². The van der Waals surface area contributed by atoms with Crippen molar-refractivity contribution >= 4 is 5.91 Å². The van der Waals surface area contributed by atoms with Gasteiger partial charge in [0.2, 0.25) is 5.91 Å². The van der Waals surface area contributed by atoms with Gasteiger partial charge >= 0.3 is 0 Å². The lowest BCUT2D eigenvalue weighted by Crippen LogP contribution is -2.38. The van der Waals surface area contributed by atoms with Gasteiger partial charge in [-0.15, -0.1) is 0 Å². The van der Waals surface area contributed by atoms with Crippen LogP contribution in [0.1, 0.15) is 36.4 Å². The molecule has 0 heterocycles. The summed E-state index contributed by atoms with van der Waals surface area (Å²) in [6.07, 6.45) is 4.60. The van der Waals surface area contributed by atoms with Crippen molar-refractivity contribution in [2.24, 2.45) is 0 Å². The maximum Gasteiger partial charge on any atom is 0.236 e. The van der Waals surface area contributed by atoms with Gasteiger partial charge in [0, 0.05) is 13.1 Å². The first kappa shape index (κ1) is 11.7. The van der Waals surface area contributed by atoms with E-state index in [2.05, 4.69) is 29.6 Å². The molecule has 0 aromatic heterocycles. The lowest BCUT2D eigenvalue weighted by Gasteiger charge is -2.25. The van der Waals surface area contributed by atoms with Crippen LogP contribution in [0.25, 0.3) is 0 Å². The second-order valence-electron chi connectivity index (χ2n) is 5.41. The predicted octanol–water partition coefficient (Wildman–Crippen LogP) is 1.88. The van der Waals surface area contributed by atoms with E-state index in [4.69, 9.17) is 0 Å². The number of aryl methyl sites for hydroxylation is 1. The highest BCUT2D eigenvalue weighted by Crippen LogP contribution is 2.34. The molecule has 1 N–H and O–H groups in total. The van der Waals surface area contributed by atoms with E-state index in [1.54, 1.807) is 0 Å². The molecule has 3 rings (SSSR count). The average molecular weight is 244 g/mol. The van der Waals surface area contributed by atoms with Gasteiger partial charge in [-0.05, 0) is 36.8 Å². The summed E-state index contributed by atoms with van der Waals surface area (Å²) in [5.74, 6) is 0.212. The molecule has 1 unspecified atom stereocenters. The van der Waals surface area contributed by atoms with E-state index in [0.717, 1.165) is 12.8 Å². The number of hydrogen-bond acceptors (Lipinski definition) is 2. The largest absolute Gasteiger partial charge is 0.338 e. The summed E-state index contributed by atoms with van der Waals surface area (Å²) in [5.41, 5.74) is 2.73. The molecule has 0 saturated heterocycles. The van der Waals surface area contributed by atoms with Crippen LogP contribution in [-0.4, -0.2) is 30.4 Å². The molecule has 0 spiro atoms. The van der Waals surface area contributed by atoms with Crippen LogP contribution in [0.3, 0.4) is 0 Å². The number of nitrogens with one attached hydrogen (secondary N) is 1. The number of rotatable bonds is 4. The van der Waals surface area contributed by atoms with E-state index in [0.29, 0.717) is 12.6 Å². The SMILES string of the molecule is CN(C(=O)CNC1CC1)C1CCc2ccccc21. The van der Waals surface area contributed by atoms with Crippen LogP contribution in [-0.2, 0) is 11.2 Å². The minimum atomic E-state index is 0.212. The van der Waals surface area contributed by atoms with Crippen LogP contribution in [0.15, 0.2) is 24.3 Å². The quantitative estimate of drug-likeness (QED) is 0.877. The number of carbonyl (C=O) groups is 1. The Kier molecular flexibility index (Phi) is 3.08. The van der Waals surface area contributed by atoms with Crippen molar-refractivity contribution in [2.75, 3.05) is 13.6 Å². The molecule has 1 amide bonds. The molecule has 0 aliphatic heterocycles. The van der Waals surface area contributed by atoms with Crippen LogP contribution in [0.2, 0.25) is 0 Å². The maximum atomic E-state index is 12.1. The summed E-state index contributed by atoms with van der Waals surface area (Å²) in [7, 11) is 1.93. The van der Waals surface area contributed by atoms with Gasteiger partial charge < -0.3 is 10.2 Å². The number of nitrogens with zero attached hydrogens (tertiary/aromatic N) is 1. The Hall–Kier alpha value is -1.35. The zero-order valence-electron chi connectivity index (χ0n) is 10.9. The minimum Gasteiger partial charge on any atom is -0.338 e. The van der Waals surface area contributed by atoms with Crippen LogP contribution in [0.4, 0.5) is 0 Å². The van der Waals surface area contributed by atoms with Gasteiger partial charge in [0.1, 0.15) is 0 Å². The lowest BCUT2D eigenvalue weighted by atomic mass is 10.1. The number of benzene rings is 1. The molecule has 2 aliphatic rings. The number of carbonyl (C=O) groups excluding carboxylic acids is 1. The molecule has 1 saturated carbocycles. The monoisotopic (exact) mass is 244 g/mol. The third kappa shape index (κ3) is 2.27. The molecule has 0 bridgehead atoms. The Morgan fingerprint density at radius 3 is 2.89 bits per heavy atom. The topological polar surface area (TPSA) is 32.3 Å². The van der Waals surface area contributed by atoms with Gasteiger partial charge in [-0.3, -0.25) is 4.79 Å².